The van der Waals surface area contributed by atoms with Crippen molar-refractivity contribution in [3.8, 4) is 0 Å². The van der Waals surface area contributed by atoms with Crippen LogP contribution in [0.3, 0.4) is 0 Å². The molecule has 1 aromatic rings. The summed E-state index contributed by atoms with van der Waals surface area (Å²) in [6.45, 7) is -11.2. The topological polar surface area (TPSA) is 55.8 Å². The summed E-state index contributed by atoms with van der Waals surface area (Å²) in [7, 11) is 0. The van der Waals surface area contributed by atoms with E-state index in [1.165, 1.54) is 0 Å². The number of hydrogen-bond donors (Lipinski definition) is 2. The van der Waals surface area contributed by atoms with E-state index in [0.717, 1.165) is 0 Å². The van der Waals surface area contributed by atoms with Gasteiger partial charge in [-0.05, 0) is 30.7 Å². The first-order valence-electron chi connectivity index (χ1n) is 10.6. The highest BCUT2D eigenvalue weighted by Gasteiger charge is 2.17. The maximum Gasteiger partial charge on any atom is 0.149 e. The van der Waals surface area contributed by atoms with Gasteiger partial charge in [0.05, 0.1) is 2.74 Å². The molecule has 0 aliphatic carbocycles. The molecule has 1 fully saturated rings. The predicted octanol–water partition coefficient (Wildman–Crippen LogP) is 1.13. The van der Waals surface area contributed by atoms with E-state index in [1.54, 1.807) is 0 Å². The van der Waals surface area contributed by atoms with E-state index in [2.05, 4.69) is 5.10 Å². The van der Waals surface area contributed by atoms with Crippen LogP contribution in [0.2, 0.25) is 0 Å². The molecule has 0 saturated carbocycles. The van der Waals surface area contributed by atoms with Crippen LogP contribution in [-0.2, 0) is 0 Å². The van der Waals surface area contributed by atoms with Crippen LogP contribution < -0.4 is 10.4 Å². The number of H-pyrrole nitrogens is 1. The van der Waals surface area contributed by atoms with Crippen LogP contribution in [0.15, 0.2) is 12.1 Å². The summed E-state index contributed by atoms with van der Waals surface area (Å²) in [6, 6.07) is -1.89. The zero-order valence-corrected chi connectivity index (χ0v) is 6.89. The Labute approximate surface area is 103 Å². The lowest BCUT2D eigenvalue weighted by atomic mass is 10.0. The first-order chi connectivity index (χ1) is 12.2. The molecule has 1 aliphatic heterocycles. The number of aromatic nitrogens is 2. The first-order valence-corrected chi connectivity index (χ1v) is 3.62. The molecule has 0 radical (unpaired) electrons. The molecule has 4 heteroatoms. The van der Waals surface area contributed by atoms with Crippen LogP contribution in [0, 0.1) is 11.3 Å². The Kier molecular flexibility index (Phi) is 0.616. The van der Waals surface area contributed by atoms with Gasteiger partial charge in [-0.3, -0.25) is 10.5 Å². The van der Waals surface area contributed by atoms with E-state index in [9.17, 15) is 0 Å². The largest absolute Gasteiger partial charge is 0.355 e. The average Bonchev–Trinajstić information content (AvgIpc) is 2.51. The number of anilines is 1. The molecule has 1 aliphatic rings. The maximum absolute atomic E-state index is 8.21. The normalized spacial score (nSPS) is 57.6. The van der Waals surface area contributed by atoms with Crippen molar-refractivity contribution in [3.63, 3.8) is 0 Å². The van der Waals surface area contributed by atoms with Gasteiger partial charge in [-0.25, -0.2) is 0 Å². The summed E-state index contributed by atoms with van der Waals surface area (Å²) in [6.07, 6.45) is -7.63. The van der Waals surface area contributed by atoms with E-state index in [0.29, 0.717) is 0 Å². The highest BCUT2D eigenvalue weighted by Crippen LogP contribution is 2.19. The molecule has 0 bridgehead atoms. The van der Waals surface area contributed by atoms with Crippen LogP contribution in [0.5, 0.6) is 0 Å². The number of piperidine rings is 1. The molecule has 1 aromatic heterocycles. The van der Waals surface area contributed by atoms with Gasteiger partial charge in [-0.1, -0.05) is 6.85 Å². The zero-order chi connectivity index (χ0) is 22.3. The summed E-state index contributed by atoms with van der Waals surface area (Å²) >= 11 is 0. The number of aromatic amines is 1. The Morgan fingerprint density at radius 2 is 2.86 bits per heavy atom. The Morgan fingerprint density at radius 3 is 3.71 bits per heavy atom. The third kappa shape index (κ3) is 1.95. The van der Waals surface area contributed by atoms with Crippen molar-refractivity contribution in [1.29, 1.82) is 5.41 Å². The second-order valence-electron chi connectivity index (χ2n) is 2.36. The Balaban J connectivity index is 3.02. The molecule has 0 amide bonds. The first kappa shape index (κ1) is 2.26. The average molecular weight is 206 g/mol. The number of nitrogens with zero attached hydrogens (tertiary/aromatic N) is 2. The molecular formula is C10H16N4. The summed E-state index contributed by atoms with van der Waals surface area (Å²) in [5, 5.41) is 12.7. The molecule has 14 heavy (non-hydrogen) atoms. The standard InChI is InChI=1S/C10H16N4/c1-8-3-2-6-14(7-8)10-5-4-9(11)12-13-10/h4-5,8H,2-3,6-7H2,1H3,(H2,11,12)/i1D3,2D2,3D2,4D,5D,6D2,7D2,8D. The number of nitrogens with one attached hydrogen (secondary N) is 2. The lowest BCUT2D eigenvalue weighted by molar-refractivity contribution is 0.443. The van der Waals surface area contributed by atoms with Crippen LogP contribution in [0.1, 0.15) is 38.8 Å². The molecule has 4 nitrogen and oxygen atoms in total. The molecule has 2 rings (SSSR count). The van der Waals surface area contributed by atoms with E-state index < -0.39 is 61.9 Å². The zero-order valence-electron chi connectivity index (χ0n) is 20.9. The van der Waals surface area contributed by atoms with Crippen LogP contribution in [-0.4, -0.2) is 23.2 Å². The van der Waals surface area contributed by atoms with Crippen LogP contribution >= 0.6 is 0 Å². The van der Waals surface area contributed by atoms with Gasteiger partial charge in [0.25, 0.3) is 0 Å². The Bertz CT molecular complexity index is 857. The minimum absolute atomic E-state index is 0.239. The summed E-state index contributed by atoms with van der Waals surface area (Å²) in [5.74, 6) is -4.94. The second kappa shape index (κ2) is 3.82. The van der Waals surface area contributed by atoms with Gasteiger partial charge in [0.15, 0.2) is 0 Å². The van der Waals surface area contributed by atoms with Crippen LogP contribution in [0.4, 0.5) is 5.82 Å². The van der Waals surface area contributed by atoms with Crippen molar-refractivity contribution in [3.05, 3.63) is 17.6 Å². The third-order valence-corrected chi connectivity index (χ3v) is 1.36. The highest BCUT2D eigenvalue weighted by molar-refractivity contribution is 5.36. The van der Waals surface area contributed by atoms with Gasteiger partial charge in [-0.15, -0.1) is 0 Å². The van der Waals surface area contributed by atoms with Crippen molar-refractivity contribution >= 4 is 5.82 Å². The molecule has 2 heterocycles. The smallest absolute Gasteiger partial charge is 0.149 e. The molecule has 1 unspecified atom stereocenters. The fourth-order valence-corrected chi connectivity index (χ4v) is 0.809. The predicted molar refractivity (Wildman–Crippen MR) is 55.1 cm³/mol. The molecule has 0 spiro atoms. The monoisotopic (exact) mass is 206 g/mol. The quantitative estimate of drug-likeness (QED) is 0.723. The van der Waals surface area contributed by atoms with E-state index in [1.807, 2.05) is 5.10 Å². The third-order valence-electron chi connectivity index (χ3n) is 1.36. The van der Waals surface area contributed by atoms with Crippen molar-refractivity contribution < 1.29 is 19.2 Å². The van der Waals surface area contributed by atoms with Crippen molar-refractivity contribution in [2.45, 2.75) is 19.6 Å². The Hall–Kier alpha value is -1.32. The van der Waals surface area contributed by atoms with E-state index in [4.69, 9.17) is 24.6 Å². The van der Waals surface area contributed by atoms with Crippen LogP contribution in [0.25, 0.3) is 0 Å². The Morgan fingerprint density at radius 1 is 1.93 bits per heavy atom. The number of hydrogen-bond acceptors (Lipinski definition) is 3. The van der Waals surface area contributed by atoms with Gasteiger partial charge >= 0.3 is 0 Å². The SMILES string of the molecule is [2H]c1c(N2C([2H])([2H])C([2H])([2H])C([2H])([2H])C([2H])(C([2H])([2H])[2H])C2([2H])[2H])n[nH]c(=N)c1[2H]. The van der Waals surface area contributed by atoms with Gasteiger partial charge in [0.1, 0.15) is 11.3 Å². The van der Waals surface area contributed by atoms with Crippen molar-refractivity contribution in [2.24, 2.45) is 5.89 Å². The summed E-state index contributed by atoms with van der Waals surface area (Å²) < 4.78 is 111. The molecular weight excluding hydrogens is 176 g/mol. The van der Waals surface area contributed by atoms with Crippen molar-refractivity contribution in [1.82, 2.24) is 10.2 Å². The fraction of sp³-hybridized carbons (Fsp3) is 0.600. The molecule has 1 saturated heterocycles. The number of rotatable bonds is 1. The molecule has 1 atom stereocenters. The van der Waals surface area contributed by atoms with Crippen molar-refractivity contribution in [2.75, 3.05) is 17.9 Å². The van der Waals surface area contributed by atoms with Gasteiger partial charge in [0.2, 0.25) is 0 Å². The lowest BCUT2D eigenvalue weighted by Crippen LogP contribution is -2.35. The maximum atomic E-state index is 8.21. The minimum atomic E-state index is -3.86. The van der Waals surface area contributed by atoms with E-state index in [-0.39, 0.29) is 4.90 Å². The molecule has 76 valence electrons. The molecule has 0 aromatic carbocycles. The highest BCUT2D eigenvalue weighted by atomic mass is 15.3. The molecule has 2 N–H and O–H groups in total. The second-order valence-corrected chi connectivity index (χ2v) is 2.36. The lowest BCUT2D eigenvalue weighted by Gasteiger charge is -2.31. The summed E-state index contributed by atoms with van der Waals surface area (Å²) in [5.41, 5.74) is -0.696. The van der Waals surface area contributed by atoms with Gasteiger partial charge in [0, 0.05) is 29.4 Å². The minimum Gasteiger partial charge on any atom is -0.355 e. The fourth-order valence-electron chi connectivity index (χ4n) is 0.809. The van der Waals surface area contributed by atoms with E-state index >= 15 is 0 Å². The summed E-state index contributed by atoms with van der Waals surface area (Å²) in [4.78, 5) is -0.239. The van der Waals surface area contributed by atoms with Gasteiger partial charge < -0.3 is 4.90 Å². The van der Waals surface area contributed by atoms with Gasteiger partial charge in [-0.2, -0.15) is 5.10 Å².